The average Bonchev–Trinajstić information content (AvgIpc) is 3.15. The van der Waals surface area contributed by atoms with Gasteiger partial charge in [0.05, 0.1) is 6.10 Å². The molecule has 316 valence electrons. The Hall–Kier alpha value is -0.360. The minimum absolute atomic E-state index is 0.00224. The van der Waals surface area contributed by atoms with E-state index in [1.807, 2.05) is 0 Å². The molecule has 0 aromatic carbocycles. The molecule has 0 aliphatic carbocycles. The summed E-state index contributed by atoms with van der Waals surface area (Å²) in [4.78, 5) is 11.9. The topological polar surface area (TPSA) is 26.3 Å². The van der Waals surface area contributed by atoms with Crippen LogP contribution in [0.4, 0.5) is 0 Å². The van der Waals surface area contributed by atoms with Gasteiger partial charge < -0.3 is 4.74 Å². The van der Waals surface area contributed by atoms with E-state index in [9.17, 15) is 4.79 Å². The molecule has 2 nitrogen and oxygen atoms in total. The lowest BCUT2D eigenvalue weighted by Crippen LogP contribution is -2.21. The van der Waals surface area contributed by atoms with Crippen LogP contribution in [0.15, 0.2) is 12.7 Å². The van der Waals surface area contributed by atoms with Crippen molar-refractivity contribution in [1.29, 1.82) is 0 Å². The van der Waals surface area contributed by atoms with E-state index >= 15 is 0 Å². The molecule has 53 heavy (non-hydrogen) atoms. The number of unbranched alkanes of at least 4 members (excludes halogenated alkanes) is 34. The molecule has 0 fully saturated rings. The quantitative estimate of drug-likeness (QED) is 0.0267. The summed E-state index contributed by atoms with van der Waals surface area (Å²) in [5, 5.41) is 0. The highest BCUT2D eigenvalue weighted by Crippen LogP contribution is 2.47. The molecule has 0 aliphatic heterocycles. The summed E-state index contributed by atoms with van der Waals surface area (Å²) in [5.74, 6) is -0.260. The minimum Gasteiger partial charge on any atom is -0.460 e. The highest BCUT2D eigenvalue weighted by atomic mass is 31.1. The van der Waals surface area contributed by atoms with Crippen molar-refractivity contribution < 1.29 is 9.53 Å². The van der Waals surface area contributed by atoms with Gasteiger partial charge in [-0.05, 0) is 50.6 Å². The Morgan fingerprint density at radius 2 is 0.717 bits per heavy atom. The number of ether oxygens (including phenoxy) is 1. The second kappa shape index (κ2) is 44.4. The fourth-order valence-corrected chi connectivity index (χ4v) is 11.8. The first-order valence-corrected chi connectivity index (χ1v) is 26.4. The van der Waals surface area contributed by atoms with Gasteiger partial charge in [-0.2, -0.15) is 0 Å². The third kappa shape index (κ3) is 39.7. The van der Waals surface area contributed by atoms with Crippen LogP contribution >= 0.6 is 7.92 Å². The van der Waals surface area contributed by atoms with Crippen molar-refractivity contribution in [3.8, 4) is 0 Å². The maximum absolute atomic E-state index is 11.9. The lowest BCUT2D eigenvalue weighted by Gasteiger charge is -2.30. The lowest BCUT2D eigenvalue weighted by molar-refractivity contribution is -0.142. The molecule has 0 saturated heterocycles. The van der Waals surface area contributed by atoms with Crippen molar-refractivity contribution in [3.63, 3.8) is 0 Å². The number of hydrogen-bond acceptors (Lipinski definition) is 2. The van der Waals surface area contributed by atoms with E-state index in [1.54, 1.807) is 0 Å². The van der Waals surface area contributed by atoms with E-state index in [2.05, 4.69) is 34.3 Å². The molecule has 0 amide bonds. The van der Waals surface area contributed by atoms with E-state index in [4.69, 9.17) is 4.74 Å². The molecule has 0 bridgehead atoms. The minimum atomic E-state index is -0.260. The van der Waals surface area contributed by atoms with Gasteiger partial charge in [0.1, 0.15) is 0 Å². The van der Waals surface area contributed by atoms with Gasteiger partial charge in [0.25, 0.3) is 0 Å². The van der Waals surface area contributed by atoms with Crippen LogP contribution in [-0.2, 0) is 9.53 Å². The van der Waals surface area contributed by atoms with E-state index in [-0.39, 0.29) is 20.0 Å². The van der Waals surface area contributed by atoms with Gasteiger partial charge in [0, 0.05) is 6.08 Å². The molecular formula is C50H99O2P. The Morgan fingerprint density at radius 1 is 0.453 bits per heavy atom. The largest absolute Gasteiger partial charge is 0.460 e. The number of carbonyl (C=O) groups excluding carboxylic acids is 1. The molecule has 0 saturated carbocycles. The average molecular weight is 763 g/mol. The molecule has 0 aromatic rings. The standard InChI is InChI=1S/C50H99O2P/c1-6-10-12-14-16-18-20-22-24-26-28-30-32-34-36-38-40-42-45-53(49(44-8-3)47-48(5)52-50(51)9-4)46-43-41-39-37-35-33-31-29-27-25-23-21-19-17-15-13-11-7-2/h9,48-49H,4,6-8,10-47H2,1-3,5H3. The van der Waals surface area contributed by atoms with E-state index in [0.717, 1.165) is 12.1 Å². The second-order valence-electron chi connectivity index (χ2n) is 17.2. The first-order valence-electron chi connectivity index (χ1n) is 24.7. The van der Waals surface area contributed by atoms with Crippen LogP contribution in [0.1, 0.15) is 278 Å². The van der Waals surface area contributed by atoms with Crippen LogP contribution in [0.5, 0.6) is 0 Å². The Bertz CT molecular complexity index is 682. The number of carbonyl (C=O) groups is 1. The predicted octanol–water partition coefficient (Wildman–Crippen LogP) is 18.2. The molecule has 2 unspecified atom stereocenters. The van der Waals surface area contributed by atoms with Crippen LogP contribution in [0, 0.1) is 0 Å². The summed E-state index contributed by atoms with van der Waals surface area (Å²) in [7, 11) is 0.00224. The van der Waals surface area contributed by atoms with Gasteiger partial charge in [-0.3, -0.25) is 0 Å². The molecule has 0 aliphatic rings. The van der Waals surface area contributed by atoms with Gasteiger partial charge >= 0.3 is 5.97 Å². The molecule has 2 atom stereocenters. The number of esters is 1. The molecule has 0 rings (SSSR count). The molecule has 0 heterocycles. The summed E-state index contributed by atoms with van der Waals surface area (Å²) < 4.78 is 5.66. The van der Waals surface area contributed by atoms with Crippen LogP contribution in [0.2, 0.25) is 0 Å². The summed E-state index contributed by atoms with van der Waals surface area (Å²) in [6, 6.07) is 0. The van der Waals surface area contributed by atoms with Gasteiger partial charge in [-0.1, -0.05) is 252 Å². The van der Waals surface area contributed by atoms with Crippen molar-refractivity contribution in [2.45, 2.75) is 290 Å². The van der Waals surface area contributed by atoms with Crippen molar-refractivity contribution >= 4 is 13.9 Å². The third-order valence-electron chi connectivity index (χ3n) is 11.8. The predicted molar refractivity (Wildman–Crippen MR) is 243 cm³/mol. The second-order valence-corrected chi connectivity index (χ2v) is 20.0. The maximum Gasteiger partial charge on any atom is 0.330 e. The smallest absolute Gasteiger partial charge is 0.330 e. The SMILES string of the molecule is C=CC(=O)OC(C)CC(CCC)P(CCCCCCCCCCCCCCCCCCCC)CCCCCCCCCCCCCCCCCCCC. The first-order chi connectivity index (χ1) is 26.1. The first kappa shape index (κ1) is 52.6. The summed E-state index contributed by atoms with van der Waals surface area (Å²) in [6.07, 6.45) is 59.7. The van der Waals surface area contributed by atoms with E-state index < -0.39 is 0 Å². The lowest BCUT2D eigenvalue weighted by atomic mass is 10.0. The number of rotatable bonds is 45. The van der Waals surface area contributed by atoms with Crippen molar-refractivity contribution in [3.05, 3.63) is 12.7 Å². The van der Waals surface area contributed by atoms with Crippen molar-refractivity contribution in [2.75, 3.05) is 12.3 Å². The van der Waals surface area contributed by atoms with Gasteiger partial charge in [0.15, 0.2) is 0 Å². The fraction of sp³-hybridized carbons (Fsp3) is 0.940. The monoisotopic (exact) mass is 763 g/mol. The van der Waals surface area contributed by atoms with Crippen molar-refractivity contribution in [2.24, 2.45) is 0 Å². The highest BCUT2D eigenvalue weighted by molar-refractivity contribution is 7.58. The highest BCUT2D eigenvalue weighted by Gasteiger charge is 2.23. The maximum atomic E-state index is 11.9. The Labute approximate surface area is 337 Å². The summed E-state index contributed by atoms with van der Waals surface area (Å²) in [6.45, 7) is 12.7. The summed E-state index contributed by atoms with van der Waals surface area (Å²) >= 11 is 0. The number of hydrogen-bond donors (Lipinski definition) is 0. The van der Waals surface area contributed by atoms with Crippen LogP contribution < -0.4 is 0 Å². The Balaban J connectivity index is 4.15. The Morgan fingerprint density at radius 3 is 0.962 bits per heavy atom. The molecule has 0 radical (unpaired) electrons. The van der Waals surface area contributed by atoms with E-state index in [0.29, 0.717) is 0 Å². The van der Waals surface area contributed by atoms with E-state index in [1.165, 1.54) is 262 Å². The van der Waals surface area contributed by atoms with Gasteiger partial charge in [-0.15, -0.1) is 7.92 Å². The fourth-order valence-electron chi connectivity index (χ4n) is 8.37. The van der Waals surface area contributed by atoms with Gasteiger partial charge in [0.2, 0.25) is 0 Å². The third-order valence-corrected chi connectivity index (χ3v) is 15.1. The van der Waals surface area contributed by atoms with Crippen LogP contribution in [0.25, 0.3) is 0 Å². The molecule has 0 spiro atoms. The zero-order valence-corrected chi connectivity index (χ0v) is 38.1. The summed E-state index contributed by atoms with van der Waals surface area (Å²) in [5.41, 5.74) is 0.735. The molecule has 0 N–H and O–H groups in total. The molecule has 3 heteroatoms. The zero-order chi connectivity index (χ0) is 38.7. The normalized spacial score (nSPS) is 12.8. The zero-order valence-electron chi connectivity index (χ0n) is 37.2. The van der Waals surface area contributed by atoms with Crippen LogP contribution in [0.3, 0.4) is 0 Å². The van der Waals surface area contributed by atoms with Crippen LogP contribution in [-0.4, -0.2) is 30.1 Å². The Kier molecular flexibility index (Phi) is 44.1. The van der Waals surface area contributed by atoms with Crippen molar-refractivity contribution in [1.82, 2.24) is 0 Å². The molecular weight excluding hydrogens is 664 g/mol. The molecule has 0 aromatic heterocycles. The van der Waals surface area contributed by atoms with Gasteiger partial charge in [-0.25, -0.2) is 4.79 Å².